The van der Waals surface area contributed by atoms with Gasteiger partial charge in [0.2, 0.25) is 5.91 Å². The second-order valence-corrected chi connectivity index (χ2v) is 7.15. The van der Waals surface area contributed by atoms with Gasteiger partial charge in [-0.25, -0.2) is 0 Å². The number of aromatic nitrogens is 2. The van der Waals surface area contributed by atoms with Crippen LogP contribution in [0.15, 0.2) is 24.3 Å². The number of carbonyl (C=O) groups excluding carboxylic acids is 1. The predicted molar refractivity (Wildman–Crippen MR) is 90.8 cm³/mol. The third-order valence-corrected chi connectivity index (χ3v) is 5.35. The first-order valence-corrected chi connectivity index (χ1v) is 8.61. The van der Waals surface area contributed by atoms with Gasteiger partial charge in [0.1, 0.15) is 0 Å². The molecule has 1 fully saturated rings. The largest absolute Gasteiger partial charge is 0.309 e. The lowest BCUT2D eigenvalue weighted by Gasteiger charge is -2.29. The summed E-state index contributed by atoms with van der Waals surface area (Å²) in [5.41, 5.74) is 5.00. The summed E-state index contributed by atoms with van der Waals surface area (Å²) in [6.07, 6.45) is 4.25. The first-order chi connectivity index (χ1) is 11.1. The molecule has 0 bridgehead atoms. The van der Waals surface area contributed by atoms with Crippen LogP contribution in [0.1, 0.15) is 79.7 Å². The number of carbonyl (C=O) groups is 1. The summed E-state index contributed by atoms with van der Waals surface area (Å²) in [5.74, 6) is 2.02. The van der Waals surface area contributed by atoms with Gasteiger partial charge >= 0.3 is 0 Å². The fourth-order valence-corrected chi connectivity index (χ4v) is 3.69. The van der Waals surface area contributed by atoms with E-state index in [-0.39, 0.29) is 11.8 Å². The number of H-pyrrole nitrogens is 1. The van der Waals surface area contributed by atoms with Crippen molar-refractivity contribution in [1.82, 2.24) is 10.2 Å². The van der Waals surface area contributed by atoms with Crippen molar-refractivity contribution in [2.45, 2.75) is 57.3 Å². The Morgan fingerprint density at radius 3 is 2.52 bits per heavy atom. The van der Waals surface area contributed by atoms with E-state index in [0.29, 0.717) is 18.3 Å². The first-order valence-electron chi connectivity index (χ1n) is 8.61. The van der Waals surface area contributed by atoms with E-state index in [0.717, 1.165) is 5.82 Å². The highest BCUT2D eigenvalue weighted by molar-refractivity contribution is 5.94. The van der Waals surface area contributed by atoms with E-state index in [9.17, 15) is 4.79 Å². The molecule has 1 atom stereocenters. The quantitative estimate of drug-likeness (QED) is 0.889. The van der Waals surface area contributed by atoms with Gasteiger partial charge in [-0.3, -0.25) is 9.89 Å². The van der Waals surface area contributed by atoms with E-state index in [2.05, 4.69) is 53.6 Å². The average Bonchev–Trinajstić information content (AvgIpc) is 2.88. The molecule has 1 aromatic carbocycles. The summed E-state index contributed by atoms with van der Waals surface area (Å²) in [5, 5.41) is 10.5. The van der Waals surface area contributed by atoms with E-state index >= 15 is 0 Å². The Kier molecular flexibility index (Phi) is 3.47. The zero-order chi connectivity index (χ0) is 16.0. The van der Waals surface area contributed by atoms with Gasteiger partial charge in [-0.05, 0) is 29.9 Å². The van der Waals surface area contributed by atoms with Gasteiger partial charge in [0, 0.05) is 29.5 Å². The highest BCUT2D eigenvalue weighted by Gasteiger charge is 2.35. The Labute approximate surface area is 136 Å². The second-order valence-electron chi connectivity index (χ2n) is 7.15. The molecule has 1 aliphatic carbocycles. The Morgan fingerprint density at radius 2 is 1.91 bits per heavy atom. The molecule has 4 rings (SSSR count). The maximum atomic E-state index is 12.1. The highest BCUT2D eigenvalue weighted by atomic mass is 16.1. The Hall–Kier alpha value is -2.10. The predicted octanol–water partition coefficient (Wildman–Crippen LogP) is 4.27. The summed E-state index contributed by atoms with van der Waals surface area (Å²) < 4.78 is 0. The first kappa shape index (κ1) is 14.5. The molecule has 2 heterocycles. The molecule has 1 aliphatic heterocycles. The van der Waals surface area contributed by atoms with Gasteiger partial charge in [-0.15, -0.1) is 0 Å². The summed E-state index contributed by atoms with van der Waals surface area (Å²) in [6, 6.07) is 8.74. The molecule has 2 aliphatic rings. The molecule has 1 aromatic heterocycles. The number of nitrogens with one attached hydrogen (secondary N) is 2. The van der Waals surface area contributed by atoms with Gasteiger partial charge in [0.15, 0.2) is 5.82 Å². The smallest absolute Gasteiger partial charge is 0.226 e. The SMILES string of the molecule is CC(C)c1ccc(C2CC(=O)Nc3n[nH]c(C4CCC4)c32)cc1. The maximum absolute atomic E-state index is 12.1. The molecular formula is C19H23N3O. The number of amides is 1. The molecule has 1 unspecified atom stereocenters. The van der Waals surface area contributed by atoms with Crippen LogP contribution in [0, 0.1) is 0 Å². The number of hydrogen-bond donors (Lipinski definition) is 2. The minimum Gasteiger partial charge on any atom is -0.309 e. The lowest BCUT2D eigenvalue weighted by molar-refractivity contribution is -0.116. The number of fused-ring (bicyclic) bond motifs is 1. The molecular weight excluding hydrogens is 286 g/mol. The fraction of sp³-hybridized carbons (Fsp3) is 0.474. The lowest BCUT2D eigenvalue weighted by Crippen LogP contribution is -2.24. The number of aromatic amines is 1. The van der Waals surface area contributed by atoms with E-state index in [1.165, 1.54) is 41.6 Å². The summed E-state index contributed by atoms with van der Waals surface area (Å²) in [4.78, 5) is 12.1. The normalized spacial score (nSPS) is 21.0. The Balaban J connectivity index is 1.74. The molecule has 2 aromatic rings. The summed E-state index contributed by atoms with van der Waals surface area (Å²) >= 11 is 0. The van der Waals surface area contributed by atoms with Gasteiger partial charge in [-0.1, -0.05) is 44.5 Å². The zero-order valence-electron chi connectivity index (χ0n) is 13.7. The van der Waals surface area contributed by atoms with Crippen molar-refractivity contribution >= 4 is 11.7 Å². The monoisotopic (exact) mass is 309 g/mol. The van der Waals surface area contributed by atoms with Crippen LogP contribution < -0.4 is 5.32 Å². The topological polar surface area (TPSA) is 57.8 Å². The van der Waals surface area contributed by atoms with Crippen LogP contribution in [0.5, 0.6) is 0 Å². The fourth-order valence-electron chi connectivity index (χ4n) is 3.69. The molecule has 0 spiro atoms. The summed E-state index contributed by atoms with van der Waals surface area (Å²) in [7, 11) is 0. The number of anilines is 1. The zero-order valence-corrected chi connectivity index (χ0v) is 13.7. The van der Waals surface area contributed by atoms with Crippen molar-refractivity contribution in [3.05, 3.63) is 46.6 Å². The highest BCUT2D eigenvalue weighted by Crippen LogP contribution is 2.45. The third-order valence-electron chi connectivity index (χ3n) is 5.35. The van der Waals surface area contributed by atoms with Crippen LogP contribution in [0.2, 0.25) is 0 Å². The maximum Gasteiger partial charge on any atom is 0.226 e. The summed E-state index contributed by atoms with van der Waals surface area (Å²) in [6.45, 7) is 4.40. The van der Waals surface area contributed by atoms with Crippen molar-refractivity contribution in [3.8, 4) is 0 Å². The van der Waals surface area contributed by atoms with Crippen molar-refractivity contribution in [2.24, 2.45) is 0 Å². The van der Waals surface area contributed by atoms with Crippen LogP contribution in [0.4, 0.5) is 5.82 Å². The average molecular weight is 309 g/mol. The number of benzene rings is 1. The van der Waals surface area contributed by atoms with Crippen LogP contribution >= 0.6 is 0 Å². The third kappa shape index (κ3) is 2.46. The van der Waals surface area contributed by atoms with Crippen LogP contribution in [-0.4, -0.2) is 16.1 Å². The number of nitrogens with zero attached hydrogens (tertiary/aromatic N) is 1. The second kappa shape index (κ2) is 5.52. The molecule has 4 heteroatoms. The van der Waals surface area contributed by atoms with Gasteiger partial charge in [-0.2, -0.15) is 5.10 Å². The van der Waals surface area contributed by atoms with Crippen LogP contribution in [-0.2, 0) is 4.79 Å². The van der Waals surface area contributed by atoms with Crippen LogP contribution in [0.3, 0.4) is 0 Å². The Morgan fingerprint density at radius 1 is 1.17 bits per heavy atom. The van der Waals surface area contributed by atoms with Gasteiger partial charge in [0.05, 0.1) is 0 Å². The van der Waals surface area contributed by atoms with Gasteiger partial charge < -0.3 is 5.32 Å². The lowest BCUT2D eigenvalue weighted by atomic mass is 9.76. The number of hydrogen-bond acceptors (Lipinski definition) is 2. The van der Waals surface area contributed by atoms with E-state index < -0.39 is 0 Å². The van der Waals surface area contributed by atoms with E-state index in [4.69, 9.17) is 0 Å². The van der Waals surface area contributed by atoms with Crippen LogP contribution in [0.25, 0.3) is 0 Å². The van der Waals surface area contributed by atoms with Crippen molar-refractivity contribution < 1.29 is 4.79 Å². The van der Waals surface area contributed by atoms with Crippen molar-refractivity contribution in [1.29, 1.82) is 0 Å². The minimum atomic E-state index is 0.0575. The molecule has 2 N–H and O–H groups in total. The van der Waals surface area contributed by atoms with E-state index in [1.807, 2.05) is 0 Å². The minimum absolute atomic E-state index is 0.0575. The Bertz CT molecular complexity index is 726. The standard InChI is InChI=1S/C19H23N3O/c1-11(2)12-6-8-13(9-7-12)15-10-16(23)20-19-17(15)18(21-22-19)14-4-3-5-14/h6-9,11,14-15H,3-5,10H2,1-2H3,(H2,20,21,22,23). The number of rotatable bonds is 3. The molecule has 0 radical (unpaired) electrons. The molecule has 1 saturated carbocycles. The van der Waals surface area contributed by atoms with Crippen molar-refractivity contribution in [3.63, 3.8) is 0 Å². The van der Waals surface area contributed by atoms with Gasteiger partial charge in [0.25, 0.3) is 0 Å². The molecule has 1 amide bonds. The molecule has 4 nitrogen and oxygen atoms in total. The molecule has 0 saturated heterocycles. The van der Waals surface area contributed by atoms with E-state index in [1.54, 1.807) is 0 Å². The molecule has 23 heavy (non-hydrogen) atoms. The molecule has 120 valence electrons. The van der Waals surface area contributed by atoms with Crippen molar-refractivity contribution in [2.75, 3.05) is 5.32 Å².